The number of hydrogen-bond acceptors (Lipinski definition) is 4. The molecular formula is C26H38N2O3. The van der Waals surface area contributed by atoms with Gasteiger partial charge in [-0.25, -0.2) is 4.79 Å². The molecule has 1 aromatic carbocycles. The monoisotopic (exact) mass is 426 g/mol. The minimum absolute atomic E-state index is 0.00721. The summed E-state index contributed by atoms with van der Waals surface area (Å²) in [6.45, 7) is 9.07. The molecule has 1 heterocycles. The van der Waals surface area contributed by atoms with Crippen LogP contribution in [0.4, 0.5) is 5.69 Å². The number of benzene rings is 1. The van der Waals surface area contributed by atoms with Gasteiger partial charge >= 0.3 is 5.97 Å². The first-order chi connectivity index (χ1) is 14.7. The van der Waals surface area contributed by atoms with Crippen LogP contribution >= 0.6 is 0 Å². The topological polar surface area (TPSA) is 67.8 Å². The first-order valence-corrected chi connectivity index (χ1v) is 11.9. The molecule has 0 aromatic heterocycles. The average Bonchev–Trinajstić information content (AvgIpc) is 2.62. The van der Waals surface area contributed by atoms with Crippen LogP contribution < -0.4 is 5.32 Å². The largest absolute Gasteiger partial charge is 0.462 e. The number of aryl methyl sites for hydroxylation is 1. The van der Waals surface area contributed by atoms with Gasteiger partial charge in [0.2, 0.25) is 5.91 Å². The van der Waals surface area contributed by atoms with Crippen LogP contribution in [0, 0.1) is 17.3 Å². The molecule has 3 rings (SSSR count). The lowest BCUT2D eigenvalue weighted by molar-refractivity contribution is -0.122. The first-order valence-electron chi connectivity index (χ1n) is 11.9. The van der Waals surface area contributed by atoms with Gasteiger partial charge in [0.25, 0.3) is 0 Å². The van der Waals surface area contributed by atoms with Crippen LogP contribution in [0.15, 0.2) is 23.2 Å². The average molecular weight is 427 g/mol. The van der Waals surface area contributed by atoms with Crippen molar-refractivity contribution in [2.45, 2.75) is 79.1 Å². The third kappa shape index (κ3) is 6.91. The quantitative estimate of drug-likeness (QED) is 0.575. The number of amides is 1. The van der Waals surface area contributed by atoms with Gasteiger partial charge in [-0.15, -0.1) is 0 Å². The number of fused-ring (bicyclic) bond motifs is 1. The molecule has 1 fully saturated rings. The van der Waals surface area contributed by atoms with E-state index in [1.165, 1.54) is 19.3 Å². The minimum Gasteiger partial charge on any atom is -0.462 e. The standard InChI is InChI=1S/C26H38N2O3/c1-5-31-25(30)21-11-12-23-20(15-21)10-9-19(18-7-6-8-18)16-22(28-23)13-14-27-24(29)17-26(2,3)4/h11-12,15,18-19H,5-10,13-14,16-17H2,1-4H3,(H,27,29)/b28-22-. The molecule has 0 spiro atoms. The van der Waals surface area contributed by atoms with E-state index in [0.29, 0.717) is 31.1 Å². The zero-order valence-corrected chi connectivity index (χ0v) is 19.6. The zero-order chi connectivity index (χ0) is 22.4. The van der Waals surface area contributed by atoms with Crippen LogP contribution in [0.25, 0.3) is 0 Å². The van der Waals surface area contributed by atoms with E-state index in [1.807, 2.05) is 25.1 Å². The highest BCUT2D eigenvalue weighted by molar-refractivity contribution is 5.91. The van der Waals surface area contributed by atoms with Gasteiger partial charge in [0.05, 0.1) is 17.9 Å². The fourth-order valence-corrected chi connectivity index (χ4v) is 4.56. The smallest absolute Gasteiger partial charge is 0.338 e. The van der Waals surface area contributed by atoms with Crippen molar-refractivity contribution >= 4 is 23.3 Å². The molecule has 170 valence electrons. The predicted molar refractivity (Wildman–Crippen MR) is 125 cm³/mol. The zero-order valence-electron chi connectivity index (χ0n) is 19.6. The molecule has 31 heavy (non-hydrogen) atoms. The molecule has 1 aromatic rings. The van der Waals surface area contributed by atoms with E-state index in [4.69, 9.17) is 9.73 Å². The maximum Gasteiger partial charge on any atom is 0.338 e. The van der Waals surface area contributed by atoms with Crippen LogP contribution in [0.3, 0.4) is 0 Å². The predicted octanol–water partition coefficient (Wildman–Crippen LogP) is 5.63. The summed E-state index contributed by atoms with van der Waals surface area (Å²) < 4.78 is 5.18. The number of hydrogen-bond donors (Lipinski definition) is 1. The molecule has 1 amide bonds. The number of aliphatic imine (C=N–C) groups is 1. The van der Waals surface area contributed by atoms with Gasteiger partial charge in [0.15, 0.2) is 0 Å². The van der Waals surface area contributed by atoms with Crippen LogP contribution in [0.2, 0.25) is 0 Å². The summed E-state index contributed by atoms with van der Waals surface area (Å²) >= 11 is 0. The highest BCUT2D eigenvalue weighted by Gasteiger charge is 2.29. The first kappa shape index (κ1) is 23.5. The van der Waals surface area contributed by atoms with E-state index >= 15 is 0 Å². The fraction of sp³-hybridized carbons (Fsp3) is 0.654. The van der Waals surface area contributed by atoms with Crippen molar-refractivity contribution in [3.05, 3.63) is 29.3 Å². The molecule has 0 saturated heterocycles. The van der Waals surface area contributed by atoms with Crippen molar-refractivity contribution in [3.63, 3.8) is 0 Å². The Kier molecular flexibility index (Phi) is 7.90. The summed E-state index contributed by atoms with van der Waals surface area (Å²) in [6.07, 6.45) is 8.36. The van der Waals surface area contributed by atoms with Crippen molar-refractivity contribution in [1.29, 1.82) is 0 Å². The van der Waals surface area contributed by atoms with Crippen LogP contribution in [0.1, 0.15) is 88.6 Å². The van der Waals surface area contributed by atoms with Crippen molar-refractivity contribution in [2.24, 2.45) is 22.2 Å². The van der Waals surface area contributed by atoms with E-state index in [2.05, 4.69) is 26.1 Å². The summed E-state index contributed by atoms with van der Waals surface area (Å²) in [5, 5.41) is 3.08. The molecular weight excluding hydrogens is 388 g/mol. The Hall–Kier alpha value is -2.17. The maximum absolute atomic E-state index is 12.2. The molecule has 0 bridgehead atoms. The second-order valence-corrected chi connectivity index (χ2v) is 10.3. The highest BCUT2D eigenvalue weighted by Crippen LogP contribution is 2.40. The molecule has 1 atom stereocenters. The van der Waals surface area contributed by atoms with Gasteiger partial charge < -0.3 is 10.1 Å². The number of carbonyl (C=O) groups is 2. The Morgan fingerprint density at radius 3 is 2.58 bits per heavy atom. The Morgan fingerprint density at radius 1 is 1.16 bits per heavy atom. The molecule has 1 aliphatic heterocycles. The lowest BCUT2D eigenvalue weighted by atomic mass is 9.71. The Morgan fingerprint density at radius 2 is 1.94 bits per heavy atom. The molecule has 5 nitrogen and oxygen atoms in total. The number of carbonyl (C=O) groups excluding carboxylic acids is 2. The number of ether oxygens (including phenoxy) is 1. The van der Waals surface area contributed by atoms with Gasteiger partial charge in [-0.2, -0.15) is 0 Å². The van der Waals surface area contributed by atoms with E-state index in [0.717, 1.165) is 48.6 Å². The van der Waals surface area contributed by atoms with Crippen molar-refractivity contribution in [2.75, 3.05) is 13.2 Å². The van der Waals surface area contributed by atoms with Crippen LogP contribution in [0.5, 0.6) is 0 Å². The Balaban J connectivity index is 1.74. The van der Waals surface area contributed by atoms with Crippen LogP contribution in [-0.2, 0) is 16.0 Å². The Bertz CT molecular complexity index is 818. The lowest BCUT2D eigenvalue weighted by Gasteiger charge is -2.35. The van der Waals surface area contributed by atoms with Crippen LogP contribution in [-0.4, -0.2) is 30.7 Å². The van der Waals surface area contributed by atoms with Crippen molar-refractivity contribution in [1.82, 2.24) is 5.32 Å². The summed E-state index contributed by atoms with van der Waals surface area (Å²) in [6, 6.07) is 5.72. The number of nitrogens with one attached hydrogen (secondary N) is 1. The van der Waals surface area contributed by atoms with E-state index in [1.54, 1.807) is 0 Å². The highest BCUT2D eigenvalue weighted by atomic mass is 16.5. The molecule has 1 unspecified atom stereocenters. The SMILES string of the molecule is CCOC(=O)c1ccc2c(c1)CCC(C1CCC1)C/C(CCNC(=O)CC(C)(C)C)=N\2. The summed E-state index contributed by atoms with van der Waals surface area (Å²) in [5.41, 5.74) is 3.84. The normalized spacial score (nSPS) is 21.0. The fourth-order valence-electron chi connectivity index (χ4n) is 4.56. The molecule has 1 N–H and O–H groups in total. The third-order valence-corrected chi connectivity index (χ3v) is 6.39. The molecule has 0 radical (unpaired) electrons. The molecule has 5 heteroatoms. The second kappa shape index (κ2) is 10.4. The van der Waals surface area contributed by atoms with Gasteiger partial charge in [-0.05, 0) is 67.2 Å². The van der Waals surface area contributed by atoms with E-state index in [9.17, 15) is 9.59 Å². The number of nitrogens with zero attached hydrogens (tertiary/aromatic N) is 1. The summed E-state index contributed by atoms with van der Waals surface area (Å²) in [4.78, 5) is 29.4. The third-order valence-electron chi connectivity index (χ3n) is 6.39. The van der Waals surface area contributed by atoms with E-state index < -0.39 is 0 Å². The van der Waals surface area contributed by atoms with Gasteiger partial charge in [-0.1, -0.05) is 40.0 Å². The molecule has 1 saturated carbocycles. The van der Waals surface area contributed by atoms with Crippen molar-refractivity contribution < 1.29 is 14.3 Å². The number of esters is 1. The molecule has 2 aliphatic rings. The Labute approximate surface area is 187 Å². The second-order valence-electron chi connectivity index (χ2n) is 10.3. The maximum atomic E-state index is 12.2. The minimum atomic E-state index is -0.270. The molecule has 1 aliphatic carbocycles. The lowest BCUT2D eigenvalue weighted by Crippen LogP contribution is -2.31. The van der Waals surface area contributed by atoms with Gasteiger partial charge in [0.1, 0.15) is 0 Å². The van der Waals surface area contributed by atoms with E-state index in [-0.39, 0.29) is 17.3 Å². The van der Waals surface area contributed by atoms with Gasteiger partial charge in [-0.3, -0.25) is 9.79 Å². The van der Waals surface area contributed by atoms with Crippen molar-refractivity contribution in [3.8, 4) is 0 Å². The summed E-state index contributed by atoms with van der Waals surface area (Å²) in [5.74, 6) is 1.26. The number of rotatable bonds is 7. The summed E-state index contributed by atoms with van der Waals surface area (Å²) in [7, 11) is 0. The van der Waals surface area contributed by atoms with Gasteiger partial charge in [0, 0.05) is 25.1 Å².